The van der Waals surface area contributed by atoms with Crippen molar-refractivity contribution in [2.75, 3.05) is 13.1 Å². The molecular weight excluding hydrogens is 360 g/mol. The van der Waals surface area contributed by atoms with Gasteiger partial charge < -0.3 is 4.90 Å². The number of likely N-dealkylation sites (tertiary alicyclic amines) is 1. The van der Waals surface area contributed by atoms with Crippen LogP contribution in [-0.4, -0.2) is 46.1 Å². The number of Topliss-reactive ketones (excluding diaryl/α,β-unsaturated/α-hetero) is 1. The topological polar surface area (TPSA) is 75.0 Å². The number of hydrogen-bond acceptors (Lipinski definition) is 6. The van der Waals surface area contributed by atoms with Crippen molar-refractivity contribution in [2.24, 2.45) is 16.1 Å². The number of nitrogens with zero attached hydrogens (tertiary/aromatic N) is 4. The highest BCUT2D eigenvalue weighted by Crippen LogP contribution is 2.23. The SMILES string of the molecule is O=C(CC1=NN=C(c2ccccn2)C1)C1CCN(C(=O)c2cccs2)CC1. The number of hydrogen-bond donors (Lipinski definition) is 0. The Morgan fingerprint density at radius 1 is 1.11 bits per heavy atom. The van der Waals surface area contributed by atoms with Crippen molar-refractivity contribution in [3.05, 3.63) is 52.5 Å². The van der Waals surface area contributed by atoms with Crippen LogP contribution in [0.5, 0.6) is 0 Å². The zero-order valence-corrected chi connectivity index (χ0v) is 15.7. The van der Waals surface area contributed by atoms with Crippen molar-refractivity contribution in [2.45, 2.75) is 25.7 Å². The number of amides is 1. The highest BCUT2D eigenvalue weighted by Gasteiger charge is 2.29. The molecule has 138 valence electrons. The van der Waals surface area contributed by atoms with Crippen LogP contribution in [0, 0.1) is 5.92 Å². The lowest BCUT2D eigenvalue weighted by Crippen LogP contribution is -2.40. The van der Waals surface area contributed by atoms with E-state index in [-0.39, 0.29) is 17.6 Å². The number of carbonyl (C=O) groups is 2. The number of carbonyl (C=O) groups excluding carboxylic acids is 2. The van der Waals surface area contributed by atoms with E-state index in [2.05, 4.69) is 15.2 Å². The summed E-state index contributed by atoms with van der Waals surface area (Å²) in [4.78, 5) is 32.0. The van der Waals surface area contributed by atoms with Gasteiger partial charge in [0.1, 0.15) is 5.78 Å². The fourth-order valence-electron chi connectivity index (χ4n) is 3.47. The van der Waals surface area contributed by atoms with Gasteiger partial charge in [0, 0.05) is 38.0 Å². The van der Waals surface area contributed by atoms with E-state index in [9.17, 15) is 9.59 Å². The second-order valence-corrected chi connectivity index (χ2v) is 7.74. The van der Waals surface area contributed by atoms with E-state index < -0.39 is 0 Å². The molecule has 1 saturated heterocycles. The quantitative estimate of drug-likeness (QED) is 0.799. The number of pyridine rings is 1. The number of thiophene rings is 1. The summed E-state index contributed by atoms with van der Waals surface area (Å²) < 4.78 is 0. The number of aromatic nitrogens is 1. The molecule has 0 unspecified atom stereocenters. The molecule has 4 heterocycles. The average Bonchev–Trinajstić information content (AvgIpc) is 3.40. The Morgan fingerprint density at radius 3 is 2.67 bits per heavy atom. The van der Waals surface area contributed by atoms with Gasteiger partial charge in [0.2, 0.25) is 0 Å². The number of rotatable bonds is 5. The summed E-state index contributed by atoms with van der Waals surface area (Å²) in [6.45, 7) is 1.27. The predicted octanol–water partition coefficient (Wildman–Crippen LogP) is 3.20. The summed E-state index contributed by atoms with van der Waals surface area (Å²) in [5.74, 6) is 0.276. The van der Waals surface area contributed by atoms with Crippen molar-refractivity contribution < 1.29 is 9.59 Å². The second-order valence-electron chi connectivity index (χ2n) is 6.79. The molecule has 1 amide bonds. The van der Waals surface area contributed by atoms with E-state index in [0.29, 0.717) is 25.9 Å². The van der Waals surface area contributed by atoms with Gasteiger partial charge in [-0.2, -0.15) is 10.2 Å². The van der Waals surface area contributed by atoms with E-state index in [4.69, 9.17) is 0 Å². The summed E-state index contributed by atoms with van der Waals surface area (Å²) in [6.07, 6.45) is 4.09. The Balaban J connectivity index is 1.26. The molecule has 0 radical (unpaired) electrons. The van der Waals surface area contributed by atoms with E-state index in [1.165, 1.54) is 11.3 Å². The molecule has 0 aromatic carbocycles. The lowest BCUT2D eigenvalue weighted by molar-refractivity contribution is -0.122. The highest BCUT2D eigenvalue weighted by molar-refractivity contribution is 7.12. The molecule has 1 fully saturated rings. The third kappa shape index (κ3) is 4.03. The lowest BCUT2D eigenvalue weighted by atomic mass is 9.89. The monoisotopic (exact) mass is 380 g/mol. The molecule has 27 heavy (non-hydrogen) atoms. The first-order chi connectivity index (χ1) is 13.2. The maximum Gasteiger partial charge on any atom is 0.263 e. The molecule has 0 bridgehead atoms. The smallest absolute Gasteiger partial charge is 0.263 e. The lowest BCUT2D eigenvalue weighted by Gasteiger charge is -2.31. The molecule has 6 nitrogen and oxygen atoms in total. The Hall–Kier alpha value is -2.67. The summed E-state index contributed by atoms with van der Waals surface area (Å²) >= 11 is 1.46. The van der Waals surface area contributed by atoms with Crippen LogP contribution in [0.3, 0.4) is 0 Å². The van der Waals surface area contributed by atoms with Crippen LogP contribution in [0.25, 0.3) is 0 Å². The number of piperidine rings is 1. The van der Waals surface area contributed by atoms with Crippen LogP contribution < -0.4 is 0 Å². The van der Waals surface area contributed by atoms with Crippen LogP contribution in [0.4, 0.5) is 0 Å². The van der Waals surface area contributed by atoms with Crippen LogP contribution >= 0.6 is 11.3 Å². The van der Waals surface area contributed by atoms with Gasteiger partial charge in [-0.05, 0) is 36.4 Å². The van der Waals surface area contributed by atoms with E-state index in [1.807, 2.05) is 40.6 Å². The standard InChI is InChI=1S/C20H20N4O2S/c25-18(13-15-12-17(23-22-15)16-4-1-2-8-21-16)14-6-9-24(10-7-14)20(26)19-5-3-11-27-19/h1-5,8,11,14H,6-7,9-10,12-13H2. The van der Waals surface area contributed by atoms with Crippen molar-refractivity contribution in [3.63, 3.8) is 0 Å². The Kier molecular flexibility index (Phi) is 5.20. The molecule has 7 heteroatoms. The zero-order chi connectivity index (χ0) is 18.6. The minimum Gasteiger partial charge on any atom is -0.338 e. The molecule has 2 aliphatic heterocycles. The molecule has 2 aromatic heterocycles. The molecular formula is C20H20N4O2S. The Labute approximate surface area is 161 Å². The second kappa shape index (κ2) is 7.92. The van der Waals surface area contributed by atoms with Gasteiger partial charge in [-0.15, -0.1) is 11.3 Å². The van der Waals surface area contributed by atoms with Gasteiger partial charge in [-0.3, -0.25) is 14.6 Å². The maximum absolute atomic E-state index is 12.7. The van der Waals surface area contributed by atoms with Gasteiger partial charge in [0.25, 0.3) is 5.91 Å². The van der Waals surface area contributed by atoms with E-state index in [1.54, 1.807) is 6.20 Å². The highest BCUT2D eigenvalue weighted by atomic mass is 32.1. The van der Waals surface area contributed by atoms with Crippen LogP contribution in [0.1, 0.15) is 41.0 Å². The van der Waals surface area contributed by atoms with Gasteiger partial charge >= 0.3 is 0 Å². The van der Waals surface area contributed by atoms with Gasteiger partial charge in [-0.1, -0.05) is 12.1 Å². The minimum atomic E-state index is -0.000939. The summed E-state index contributed by atoms with van der Waals surface area (Å²) in [6, 6.07) is 9.41. The van der Waals surface area contributed by atoms with Gasteiger partial charge in [0.05, 0.1) is 22.0 Å². The predicted molar refractivity (Wildman–Crippen MR) is 105 cm³/mol. The molecule has 0 N–H and O–H groups in total. The molecule has 2 aliphatic rings. The maximum atomic E-state index is 12.7. The molecule has 0 atom stereocenters. The van der Waals surface area contributed by atoms with E-state index >= 15 is 0 Å². The first-order valence-corrected chi connectivity index (χ1v) is 9.98. The fraction of sp³-hybridized carbons (Fsp3) is 0.350. The molecule has 4 rings (SSSR count). The summed E-state index contributed by atoms with van der Waals surface area (Å²) in [7, 11) is 0. The molecule has 0 saturated carbocycles. The zero-order valence-electron chi connectivity index (χ0n) is 14.9. The fourth-order valence-corrected chi connectivity index (χ4v) is 4.17. The van der Waals surface area contributed by atoms with Crippen molar-refractivity contribution >= 4 is 34.5 Å². The summed E-state index contributed by atoms with van der Waals surface area (Å²) in [5.41, 5.74) is 2.43. The first-order valence-electron chi connectivity index (χ1n) is 9.10. The largest absolute Gasteiger partial charge is 0.338 e. The molecule has 0 spiro atoms. The number of ketones is 1. The van der Waals surface area contributed by atoms with Crippen molar-refractivity contribution in [1.82, 2.24) is 9.88 Å². The van der Waals surface area contributed by atoms with Gasteiger partial charge in [-0.25, -0.2) is 0 Å². The van der Waals surface area contributed by atoms with E-state index in [0.717, 1.165) is 34.8 Å². The molecule has 2 aromatic rings. The Bertz CT molecular complexity index is 882. The molecule has 0 aliphatic carbocycles. The van der Waals surface area contributed by atoms with Crippen LogP contribution in [0.15, 0.2) is 52.1 Å². The van der Waals surface area contributed by atoms with Crippen molar-refractivity contribution in [1.29, 1.82) is 0 Å². The third-order valence-electron chi connectivity index (χ3n) is 4.99. The van der Waals surface area contributed by atoms with Crippen LogP contribution in [-0.2, 0) is 4.79 Å². The average molecular weight is 380 g/mol. The minimum absolute atomic E-state index is 0.000939. The van der Waals surface area contributed by atoms with Gasteiger partial charge in [0.15, 0.2) is 0 Å². The summed E-state index contributed by atoms with van der Waals surface area (Å²) in [5, 5.41) is 10.3. The normalized spacial score (nSPS) is 17.6. The first kappa shape index (κ1) is 17.7. The Morgan fingerprint density at radius 2 is 1.96 bits per heavy atom. The third-order valence-corrected chi connectivity index (χ3v) is 5.85. The van der Waals surface area contributed by atoms with Crippen molar-refractivity contribution in [3.8, 4) is 0 Å². The van der Waals surface area contributed by atoms with Crippen LogP contribution in [0.2, 0.25) is 0 Å².